The monoisotopic (exact) mass is 178 g/mol. The molecule has 1 rings (SSSR count). The molecule has 2 nitrogen and oxygen atoms in total. The van der Waals surface area contributed by atoms with Crippen LogP contribution in [0.3, 0.4) is 0 Å². The predicted molar refractivity (Wildman–Crippen MR) is 56.2 cm³/mol. The van der Waals surface area contributed by atoms with Gasteiger partial charge >= 0.3 is 0 Å². The summed E-state index contributed by atoms with van der Waals surface area (Å²) < 4.78 is 0. The first kappa shape index (κ1) is 10.2. The zero-order valence-electron chi connectivity index (χ0n) is 8.62. The van der Waals surface area contributed by atoms with Crippen LogP contribution in [0, 0.1) is 0 Å². The van der Waals surface area contributed by atoms with Gasteiger partial charge in [-0.1, -0.05) is 30.3 Å². The number of hydrazine groups is 1. The van der Waals surface area contributed by atoms with Gasteiger partial charge in [0.05, 0.1) is 0 Å². The van der Waals surface area contributed by atoms with E-state index < -0.39 is 0 Å². The van der Waals surface area contributed by atoms with E-state index in [0.717, 1.165) is 6.54 Å². The minimum atomic E-state index is 0.494. The van der Waals surface area contributed by atoms with Crippen LogP contribution in [-0.4, -0.2) is 18.1 Å². The van der Waals surface area contributed by atoms with Crippen LogP contribution in [0.4, 0.5) is 0 Å². The minimum absolute atomic E-state index is 0.494. The summed E-state index contributed by atoms with van der Waals surface area (Å²) in [5, 5.41) is 2.11. The molecule has 0 amide bonds. The fourth-order valence-corrected chi connectivity index (χ4v) is 1.34. The van der Waals surface area contributed by atoms with Gasteiger partial charge in [-0.2, -0.15) is 0 Å². The van der Waals surface area contributed by atoms with Crippen molar-refractivity contribution < 1.29 is 0 Å². The number of nitrogens with zero attached hydrogens (tertiary/aromatic N) is 1. The molecule has 0 spiro atoms. The van der Waals surface area contributed by atoms with Crippen molar-refractivity contribution >= 4 is 0 Å². The lowest BCUT2D eigenvalue weighted by molar-refractivity contribution is 0.202. The first-order chi connectivity index (χ1) is 6.18. The van der Waals surface area contributed by atoms with Crippen molar-refractivity contribution in [2.45, 2.75) is 26.4 Å². The SMILES string of the molecule is CC(C)NN(C)Cc1ccccc1. The van der Waals surface area contributed by atoms with Gasteiger partial charge in [-0.15, -0.1) is 0 Å². The van der Waals surface area contributed by atoms with Crippen LogP contribution in [0.5, 0.6) is 0 Å². The van der Waals surface area contributed by atoms with E-state index in [1.807, 2.05) is 6.07 Å². The molecule has 0 bridgehead atoms. The third-order valence-corrected chi connectivity index (χ3v) is 1.74. The molecule has 1 aromatic carbocycles. The Kier molecular flexibility index (Phi) is 3.93. The van der Waals surface area contributed by atoms with Gasteiger partial charge in [-0.3, -0.25) is 5.43 Å². The number of hydrogen-bond donors (Lipinski definition) is 1. The molecule has 1 N–H and O–H groups in total. The first-order valence-corrected chi connectivity index (χ1v) is 4.69. The lowest BCUT2D eigenvalue weighted by atomic mass is 10.2. The quantitative estimate of drug-likeness (QED) is 0.710. The second kappa shape index (κ2) is 5.00. The Balaban J connectivity index is 2.41. The molecule has 0 fully saturated rings. The molecule has 0 aliphatic rings. The highest BCUT2D eigenvalue weighted by Crippen LogP contribution is 2.00. The van der Waals surface area contributed by atoms with Crippen LogP contribution < -0.4 is 5.43 Å². The summed E-state index contributed by atoms with van der Waals surface area (Å²) in [6.45, 7) is 5.22. The highest BCUT2D eigenvalue weighted by atomic mass is 15.5. The van der Waals surface area contributed by atoms with E-state index in [0.29, 0.717) is 6.04 Å². The number of hydrogen-bond acceptors (Lipinski definition) is 2. The summed E-state index contributed by atoms with van der Waals surface area (Å²) in [7, 11) is 2.06. The molecule has 72 valence electrons. The molecule has 1 aromatic rings. The molecule has 0 aromatic heterocycles. The van der Waals surface area contributed by atoms with E-state index in [9.17, 15) is 0 Å². The second-order valence-electron chi connectivity index (χ2n) is 3.63. The molecule has 2 heteroatoms. The number of nitrogens with one attached hydrogen (secondary N) is 1. The summed E-state index contributed by atoms with van der Waals surface area (Å²) in [5.41, 5.74) is 4.66. The average Bonchev–Trinajstić information content (AvgIpc) is 2.04. The minimum Gasteiger partial charge on any atom is -0.253 e. The molecule has 0 unspecified atom stereocenters. The van der Waals surface area contributed by atoms with E-state index in [1.165, 1.54) is 5.56 Å². The number of benzene rings is 1. The predicted octanol–water partition coefficient (Wildman–Crippen LogP) is 2.03. The van der Waals surface area contributed by atoms with Crippen LogP contribution in [-0.2, 0) is 6.54 Å². The van der Waals surface area contributed by atoms with Gasteiger partial charge < -0.3 is 0 Å². The molecule has 0 radical (unpaired) electrons. The van der Waals surface area contributed by atoms with Crippen LogP contribution in [0.1, 0.15) is 19.4 Å². The fraction of sp³-hybridized carbons (Fsp3) is 0.455. The van der Waals surface area contributed by atoms with Gasteiger partial charge in [0.1, 0.15) is 0 Å². The van der Waals surface area contributed by atoms with Crippen molar-refractivity contribution in [2.24, 2.45) is 0 Å². The molecule has 0 saturated heterocycles. The van der Waals surface area contributed by atoms with Gasteiger partial charge in [0, 0.05) is 19.6 Å². The third kappa shape index (κ3) is 4.06. The van der Waals surface area contributed by atoms with E-state index >= 15 is 0 Å². The van der Waals surface area contributed by atoms with Crippen molar-refractivity contribution in [3.05, 3.63) is 35.9 Å². The van der Waals surface area contributed by atoms with Crippen LogP contribution in [0.2, 0.25) is 0 Å². The van der Waals surface area contributed by atoms with Crippen LogP contribution in [0.15, 0.2) is 30.3 Å². The lowest BCUT2D eigenvalue weighted by Crippen LogP contribution is -2.38. The summed E-state index contributed by atoms with van der Waals surface area (Å²) >= 11 is 0. The van der Waals surface area contributed by atoms with Crippen molar-refractivity contribution in [3.8, 4) is 0 Å². The fourth-order valence-electron chi connectivity index (χ4n) is 1.34. The largest absolute Gasteiger partial charge is 0.253 e. The maximum absolute atomic E-state index is 3.32. The Hall–Kier alpha value is -0.860. The van der Waals surface area contributed by atoms with E-state index in [4.69, 9.17) is 0 Å². The van der Waals surface area contributed by atoms with Crippen molar-refractivity contribution in [1.82, 2.24) is 10.4 Å². The maximum atomic E-state index is 3.32. The number of rotatable bonds is 4. The molecule has 0 saturated carbocycles. The zero-order valence-corrected chi connectivity index (χ0v) is 8.62. The summed E-state index contributed by atoms with van der Waals surface area (Å²) in [6, 6.07) is 10.9. The van der Waals surface area contributed by atoms with E-state index in [1.54, 1.807) is 0 Å². The lowest BCUT2D eigenvalue weighted by Gasteiger charge is -2.20. The molecule has 0 heterocycles. The Morgan fingerprint density at radius 1 is 1.23 bits per heavy atom. The summed E-state index contributed by atoms with van der Waals surface area (Å²) in [4.78, 5) is 0. The van der Waals surface area contributed by atoms with Gasteiger partial charge in [0.2, 0.25) is 0 Å². The zero-order chi connectivity index (χ0) is 9.68. The van der Waals surface area contributed by atoms with Crippen molar-refractivity contribution in [3.63, 3.8) is 0 Å². The smallest absolute Gasteiger partial charge is 0.0378 e. The topological polar surface area (TPSA) is 15.3 Å². The van der Waals surface area contributed by atoms with Gasteiger partial charge in [-0.25, -0.2) is 5.01 Å². The normalized spacial score (nSPS) is 11.2. The molecule has 0 aliphatic carbocycles. The maximum Gasteiger partial charge on any atom is 0.0378 e. The summed E-state index contributed by atoms with van der Waals surface area (Å²) in [5.74, 6) is 0. The Bertz CT molecular complexity index is 231. The first-order valence-electron chi connectivity index (χ1n) is 4.69. The highest BCUT2D eigenvalue weighted by molar-refractivity contribution is 5.14. The third-order valence-electron chi connectivity index (χ3n) is 1.74. The van der Waals surface area contributed by atoms with Crippen LogP contribution >= 0.6 is 0 Å². The van der Waals surface area contributed by atoms with E-state index in [-0.39, 0.29) is 0 Å². The molecule has 0 aliphatic heterocycles. The Morgan fingerprint density at radius 3 is 2.38 bits per heavy atom. The van der Waals surface area contributed by atoms with Crippen molar-refractivity contribution in [1.29, 1.82) is 0 Å². The highest BCUT2D eigenvalue weighted by Gasteiger charge is 1.99. The van der Waals surface area contributed by atoms with Gasteiger partial charge in [-0.05, 0) is 19.4 Å². The molecule has 13 heavy (non-hydrogen) atoms. The Labute approximate surface area is 80.5 Å². The standard InChI is InChI=1S/C11H18N2/c1-10(2)12-13(3)9-11-7-5-4-6-8-11/h4-8,10,12H,9H2,1-3H3. The second-order valence-corrected chi connectivity index (χ2v) is 3.63. The molecular weight excluding hydrogens is 160 g/mol. The summed E-state index contributed by atoms with van der Waals surface area (Å²) in [6.07, 6.45) is 0. The van der Waals surface area contributed by atoms with Crippen molar-refractivity contribution in [2.75, 3.05) is 7.05 Å². The average molecular weight is 178 g/mol. The Morgan fingerprint density at radius 2 is 1.85 bits per heavy atom. The molecular formula is C11H18N2. The molecule has 0 atom stereocenters. The van der Waals surface area contributed by atoms with Gasteiger partial charge in [0.15, 0.2) is 0 Å². The van der Waals surface area contributed by atoms with Crippen LogP contribution in [0.25, 0.3) is 0 Å². The van der Waals surface area contributed by atoms with Gasteiger partial charge in [0.25, 0.3) is 0 Å². The van der Waals surface area contributed by atoms with E-state index in [2.05, 4.69) is 55.6 Å².